The average Bonchev–Trinajstić information content (AvgIpc) is 3.71. The molecule has 0 amide bonds. The molecule has 8 fully saturated rings. The van der Waals surface area contributed by atoms with Crippen LogP contribution < -0.4 is 4.90 Å². The molecule has 61 heavy (non-hydrogen) atoms. The molecule has 0 radical (unpaired) electrons. The van der Waals surface area contributed by atoms with Gasteiger partial charge in [-0.25, -0.2) is 0 Å². The number of benzene rings is 6. The SMILES string of the molecule is CC1(C)c2cc(N(c3ccc(C45CC6CC(CC(C6)C4)C5)cc3)c3ccc(C45CC6CC(CC(C6)C4)C5)cc3)ccc2-c2ccc3c(c21)c1ccccc1n3-c1ccccc1. The predicted octanol–water partition coefficient (Wildman–Crippen LogP) is 15.5. The molecule has 0 saturated heterocycles. The van der Waals surface area contributed by atoms with E-state index in [0.717, 1.165) is 35.5 Å². The van der Waals surface area contributed by atoms with Crippen LogP contribution in [0.25, 0.3) is 38.6 Å². The molecule has 0 N–H and O–H groups in total. The van der Waals surface area contributed by atoms with Crippen molar-refractivity contribution in [3.63, 3.8) is 0 Å². The molecule has 8 saturated carbocycles. The molecule has 2 heteroatoms. The number of anilines is 3. The summed E-state index contributed by atoms with van der Waals surface area (Å²) in [6.07, 6.45) is 17.4. The summed E-state index contributed by atoms with van der Waals surface area (Å²) in [7, 11) is 0. The van der Waals surface area contributed by atoms with Crippen molar-refractivity contribution in [3.05, 3.63) is 156 Å². The number of nitrogens with zero attached hydrogens (tertiary/aromatic N) is 2. The maximum absolute atomic E-state index is 2.59. The van der Waals surface area contributed by atoms with E-state index in [1.54, 1.807) is 11.1 Å². The third-order valence-corrected chi connectivity index (χ3v) is 18.3. The molecule has 0 unspecified atom stereocenters. The number of fused-ring (bicyclic) bond motifs is 7. The Balaban J connectivity index is 0.891. The van der Waals surface area contributed by atoms with Crippen LogP contribution in [-0.2, 0) is 16.2 Å². The van der Waals surface area contributed by atoms with Crippen molar-refractivity contribution >= 4 is 38.9 Å². The number of aromatic nitrogens is 1. The molecular weight excluding hydrogens is 737 g/mol. The van der Waals surface area contributed by atoms with Crippen molar-refractivity contribution in [2.24, 2.45) is 35.5 Å². The van der Waals surface area contributed by atoms with Crippen LogP contribution in [0.2, 0.25) is 0 Å². The monoisotopic (exact) mass is 794 g/mol. The maximum Gasteiger partial charge on any atom is 0.0544 e. The Kier molecular flexibility index (Phi) is 7.29. The van der Waals surface area contributed by atoms with Crippen LogP contribution in [-0.4, -0.2) is 4.57 Å². The summed E-state index contributed by atoms with van der Waals surface area (Å²) < 4.78 is 2.47. The topological polar surface area (TPSA) is 8.17 Å². The quantitative estimate of drug-likeness (QED) is 0.163. The van der Waals surface area contributed by atoms with Crippen LogP contribution in [0.3, 0.4) is 0 Å². The smallest absolute Gasteiger partial charge is 0.0544 e. The van der Waals surface area contributed by atoms with E-state index in [1.165, 1.54) is 144 Å². The summed E-state index contributed by atoms with van der Waals surface area (Å²) in [4.78, 5) is 2.59. The molecule has 9 aliphatic carbocycles. The summed E-state index contributed by atoms with van der Waals surface area (Å²) in [6.45, 7) is 4.95. The zero-order valence-electron chi connectivity index (χ0n) is 36.0. The zero-order valence-corrected chi connectivity index (χ0v) is 36.0. The maximum atomic E-state index is 2.59. The Hall–Kier alpha value is -5.08. The van der Waals surface area contributed by atoms with E-state index in [4.69, 9.17) is 0 Å². The molecule has 1 heterocycles. The highest BCUT2D eigenvalue weighted by atomic mass is 15.1. The van der Waals surface area contributed by atoms with Crippen molar-refractivity contribution in [2.75, 3.05) is 4.90 Å². The lowest BCUT2D eigenvalue weighted by Gasteiger charge is -2.57. The van der Waals surface area contributed by atoms with Gasteiger partial charge in [0.1, 0.15) is 0 Å². The van der Waals surface area contributed by atoms with Gasteiger partial charge in [0.15, 0.2) is 0 Å². The number of rotatable bonds is 6. The van der Waals surface area contributed by atoms with Crippen LogP contribution in [0.15, 0.2) is 133 Å². The number of para-hydroxylation sites is 2. The molecule has 0 spiro atoms. The van der Waals surface area contributed by atoms with Gasteiger partial charge in [-0.3, -0.25) is 0 Å². The molecule has 304 valence electrons. The molecule has 9 aliphatic rings. The molecule has 2 nitrogen and oxygen atoms in total. The first kappa shape index (κ1) is 35.5. The van der Waals surface area contributed by atoms with E-state index in [2.05, 4.69) is 157 Å². The second kappa shape index (κ2) is 12.5. The van der Waals surface area contributed by atoms with Crippen LogP contribution >= 0.6 is 0 Å². The van der Waals surface area contributed by atoms with Crippen LogP contribution in [0.5, 0.6) is 0 Å². The van der Waals surface area contributed by atoms with Crippen molar-refractivity contribution in [3.8, 4) is 16.8 Å². The second-order valence-electron chi connectivity index (χ2n) is 22.3. The Labute approximate surface area is 362 Å². The molecule has 0 aliphatic heterocycles. The Morgan fingerprint density at radius 1 is 0.459 bits per heavy atom. The average molecular weight is 795 g/mol. The minimum Gasteiger partial charge on any atom is -0.310 e. The van der Waals surface area contributed by atoms with Crippen molar-refractivity contribution in [2.45, 2.75) is 107 Å². The van der Waals surface area contributed by atoms with Gasteiger partial charge >= 0.3 is 0 Å². The molecule has 1 aromatic heterocycles. The van der Waals surface area contributed by atoms with E-state index in [1.807, 2.05) is 0 Å². The van der Waals surface area contributed by atoms with Gasteiger partial charge < -0.3 is 9.47 Å². The normalized spacial score (nSPS) is 30.9. The summed E-state index contributed by atoms with van der Waals surface area (Å²) in [5.74, 6) is 5.69. The highest BCUT2D eigenvalue weighted by molar-refractivity contribution is 6.14. The predicted molar refractivity (Wildman–Crippen MR) is 253 cm³/mol. The lowest BCUT2D eigenvalue weighted by Crippen LogP contribution is -2.48. The van der Waals surface area contributed by atoms with E-state index in [0.29, 0.717) is 10.8 Å². The molecule has 16 rings (SSSR count). The summed E-state index contributed by atoms with van der Waals surface area (Å²) in [6, 6.07) is 52.3. The molecule has 8 bridgehead atoms. The first-order chi connectivity index (χ1) is 29.8. The third kappa shape index (κ3) is 5.08. The highest BCUT2D eigenvalue weighted by Gasteiger charge is 2.53. The number of hydrogen-bond acceptors (Lipinski definition) is 1. The fourth-order valence-electron chi connectivity index (χ4n) is 16.7. The van der Waals surface area contributed by atoms with Gasteiger partial charge in [-0.05, 0) is 217 Å². The molecule has 6 aromatic carbocycles. The largest absolute Gasteiger partial charge is 0.310 e. The minimum atomic E-state index is -0.192. The lowest BCUT2D eigenvalue weighted by molar-refractivity contribution is -0.00529. The van der Waals surface area contributed by atoms with Gasteiger partial charge in [-0.1, -0.05) is 86.6 Å². The van der Waals surface area contributed by atoms with Crippen LogP contribution in [0, 0.1) is 35.5 Å². The third-order valence-electron chi connectivity index (χ3n) is 18.3. The van der Waals surface area contributed by atoms with Crippen LogP contribution in [0.4, 0.5) is 17.1 Å². The summed E-state index contributed by atoms with van der Waals surface area (Å²) >= 11 is 0. The molecule has 0 atom stereocenters. The van der Waals surface area contributed by atoms with Crippen LogP contribution in [0.1, 0.15) is 113 Å². The Morgan fingerprint density at radius 2 is 0.934 bits per heavy atom. The van der Waals surface area contributed by atoms with Crippen molar-refractivity contribution < 1.29 is 0 Å². The van der Waals surface area contributed by atoms with E-state index in [-0.39, 0.29) is 5.41 Å². The van der Waals surface area contributed by atoms with E-state index in [9.17, 15) is 0 Å². The van der Waals surface area contributed by atoms with Gasteiger partial charge in [-0.15, -0.1) is 0 Å². The first-order valence-electron chi connectivity index (χ1n) is 24.1. The zero-order chi connectivity index (χ0) is 40.2. The van der Waals surface area contributed by atoms with Gasteiger partial charge in [0.25, 0.3) is 0 Å². The van der Waals surface area contributed by atoms with Crippen molar-refractivity contribution in [1.29, 1.82) is 0 Å². The minimum absolute atomic E-state index is 0.192. The fourth-order valence-corrected chi connectivity index (χ4v) is 16.7. The Bertz CT molecular complexity index is 2730. The number of hydrogen-bond donors (Lipinski definition) is 0. The summed E-state index contributed by atoms with van der Waals surface area (Å²) in [5.41, 5.74) is 17.0. The standard InChI is InChI=1S/C59H58N2/c1-57(2)52-30-48(20-21-49(52)50-22-23-54-55(56(50)57)51-10-6-7-11-53(51)61(54)45-8-4-3-5-9-45)60(46-16-12-43(13-17-46)58-31-37-24-38(32-58)26-39(25-37)33-58)47-18-14-44(15-19-47)59-34-40-27-41(35-59)29-42(28-40)36-59/h3-23,30,37-42H,24-29,31-36H2,1-2H3. The van der Waals surface area contributed by atoms with Gasteiger partial charge in [0.05, 0.1) is 11.0 Å². The van der Waals surface area contributed by atoms with Crippen molar-refractivity contribution in [1.82, 2.24) is 4.57 Å². The van der Waals surface area contributed by atoms with Gasteiger partial charge in [0.2, 0.25) is 0 Å². The first-order valence-corrected chi connectivity index (χ1v) is 24.1. The van der Waals surface area contributed by atoms with E-state index < -0.39 is 0 Å². The summed E-state index contributed by atoms with van der Waals surface area (Å²) in [5, 5.41) is 2.72. The van der Waals surface area contributed by atoms with E-state index >= 15 is 0 Å². The lowest BCUT2D eigenvalue weighted by atomic mass is 9.48. The van der Waals surface area contributed by atoms with Gasteiger partial charge in [-0.2, -0.15) is 0 Å². The fraction of sp³-hybridized carbons (Fsp3) is 0.390. The molecular formula is C59H58N2. The highest BCUT2D eigenvalue weighted by Crippen LogP contribution is 2.63. The molecule has 7 aromatic rings. The second-order valence-corrected chi connectivity index (χ2v) is 22.3. The van der Waals surface area contributed by atoms with Gasteiger partial charge in [0, 0.05) is 38.9 Å². The Morgan fingerprint density at radius 3 is 1.48 bits per heavy atom.